The number of nitrogens with zero attached hydrogens (tertiary/aromatic N) is 3. The molecule has 1 fully saturated rings. The average Bonchev–Trinajstić information content (AvgIpc) is 3.38. The van der Waals surface area contributed by atoms with Gasteiger partial charge in [0.05, 0.1) is 24.9 Å². The Bertz CT molecular complexity index is 1480. The molecule has 1 aliphatic carbocycles. The van der Waals surface area contributed by atoms with E-state index in [2.05, 4.69) is 20.6 Å². The van der Waals surface area contributed by atoms with Gasteiger partial charge in [0.15, 0.2) is 12.2 Å². The topological polar surface area (TPSA) is 148 Å². The summed E-state index contributed by atoms with van der Waals surface area (Å²) in [4.78, 5) is 36.5. The van der Waals surface area contributed by atoms with Crippen LogP contribution in [-0.2, 0) is 24.3 Å². The number of ether oxygens (including phenoxy) is 3. The van der Waals surface area contributed by atoms with Crippen LogP contribution >= 0.6 is 0 Å². The number of rotatable bonds is 10. The minimum atomic E-state index is -1.07. The molecule has 0 radical (unpaired) electrons. The summed E-state index contributed by atoms with van der Waals surface area (Å²) in [7, 11) is 1.50. The molecule has 1 aromatic carbocycles. The van der Waals surface area contributed by atoms with Gasteiger partial charge in [-0.15, -0.1) is 0 Å². The standard InChI is InChI=1S/C32H41N5O7/c1-19-27(43-18-34-19)17-42-24-10-9-20-12-25(37(16-22(20)11-24)31(40)44-32(2,3)4)26(38)15-33-30(39)21-13-28(35-23-7-6-8-23)36-29(14-21)41-5/h9-11,13-14,18,23,25-26,38H,6-8,12,15-17H2,1-5H3,(H,33,39)(H,35,36)/t25-,26+/m0/s1. The number of carbonyl (C=O) groups is 2. The van der Waals surface area contributed by atoms with E-state index in [1.165, 1.54) is 18.4 Å². The number of amides is 2. The van der Waals surface area contributed by atoms with Crippen LogP contribution in [0.25, 0.3) is 0 Å². The molecule has 3 heterocycles. The predicted octanol–water partition coefficient (Wildman–Crippen LogP) is 4.38. The Balaban J connectivity index is 1.29. The number of aliphatic hydroxyl groups excluding tert-OH is 1. The van der Waals surface area contributed by atoms with Gasteiger partial charge in [-0.1, -0.05) is 6.07 Å². The summed E-state index contributed by atoms with van der Waals surface area (Å²) >= 11 is 0. The van der Waals surface area contributed by atoms with Gasteiger partial charge in [0.25, 0.3) is 5.91 Å². The highest BCUT2D eigenvalue weighted by Crippen LogP contribution is 2.30. The van der Waals surface area contributed by atoms with E-state index >= 15 is 0 Å². The maximum Gasteiger partial charge on any atom is 0.410 e. The zero-order valence-corrected chi connectivity index (χ0v) is 25.9. The van der Waals surface area contributed by atoms with E-state index in [0.29, 0.717) is 41.2 Å². The normalized spacial score (nSPS) is 17.2. The molecule has 44 heavy (non-hydrogen) atoms. The fourth-order valence-corrected chi connectivity index (χ4v) is 5.16. The van der Waals surface area contributed by atoms with Gasteiger partial charge in [0.1, 0.15) is 23.8 Å². The highest BCUT2D eigenvalue weighted by molar-refractivity contribution is 5.95. The number of aromatic nitrogens is 2. The Morgan fingerprint density at radius 1 is 1.18 bits per heavy atom. The van der Waals surface area contributed by atoms with Crippen LogP contribution in [0.5, 0.6) is 11.6 Å². The molecule has 0 bridgehead atoms. The van der Waals surface area contributed by atoms with E-state index in [1.807, 2.05) is 25.1 Å². The third-order valence-corrected chi connectivity index (χ3v) is 7.84. The maximum absolute atomic E-state index is 13.4. The van der Waals surface area contributed by atoms with Crippen molar-refractivity contribution in [2.24, 2.45) is 0 Å². The molecular weight excluding hydrogens is 566 g/mol. The second-order valence-electron chi connectivity index (χ2n) is 12.3. The Labute approximate surface area is 257 Å². The van der Waals surface area contributed by atoms with E-state index in [4.69, 9.17) is 18.6 Å². The molecule has 2 aliphatic rings. The number of anilines is 1. The number of carbonyl (C=O) groups excluding carboxylic acids is 2. The van der Waals surface area contributed by atoms with Crippen molar-refractivity contribution in [2.75, 3.05) is 19.0 Å². The second-order valence-corrected chi connectivity index (χ2v) is 12.3. The van der Waals surface area contributed by atoms with Gasteiger partial charge in [0.2, 0.25) is 5.88 Å². The van der Waals surface area contributed by atoms with Crippen molar-refractivity contribution in [3.63, 3.8) is 0 Å². The van der Waals surface area contributed by atoms with Crippen LogP contribution < -0.4 is 20.1 Å². The SMILES string of the molecule is COc1cc(C(=O)NC[C@@H](O)[C@@H]2Cc3ccc(OCc4ocnc4C)cc3CN2C(=O)OC(C)(C)C)cc(NC2CCC2)n1. The van der Waals surface area contributed by atoms with Crippen molar-refractivity contribution in [1.29, 1.82) is 0 Å². The molecule has 236 valence electrons. The number of methoxy groups -OCH3 is 1. The molecule has 2 aromatic heterocycles. The number of pyridine rings is 1. The minimum absolute atomic E-state index is 0.0775. The molecule has 3 aromatic rings. The second kappa shape index (κ2) is 13.1. The molecule has 1 saturated carbocycles. The van der Waals surface area contributed by atoms with Crippen molar-refractivity contribution in [2.45, 2.75) is 90.3 Å². The molecule has 3 N–H and O–H groups in total. The zero-order chi connectivity index (χ0) is 31.4. The van der Waals surface area contributed by atoms with Crippen LogP contribution in [-0.4, -0.2) is 69.4 Å². The number of benzene rings is 1. The fourth-order valence-electron chi connectivity index (χ4n) is 5.16. The summed E-state index contributed by atoms with van der Waals surface area (Å²) in [6.07, 6.45) is 3.41. The molecular formula is C32H41N5O7. The lowest BCUT2D eigenvalue weighted by atomic mass is 9.91. The third-order valence-electron chi connectivity index (χ3n) is 7.84. The van der Waals surface area contributed by atoms with Gasteiger partial charge in [-0.3, -0.25) is 9.69 Å². The molecule has 0 unspecified atom stereocenters. The molecule has 0 saturated heterocycles. The average molecular weight is 608 g/mol. The predicted molar refractivity (Wildman–Crippen MR) is 162 cm³/mol. The van der Waals surface area contributed by atoms with Crippen LogP contribution in [0, 0.1) is 6.92 Å². The zero-order valence-electron chi connectivity index (χ0n) is 25.9. The summed E-state index contributed by atoms with van der Waals surface area (Å²) < 4.78 is 22.3. The van der Waals surface area contributed by atoms with E-state index in [-0.39, 0.29) is 25.6 Å². The summed E-state index contributed by atoms with van der Waals surface area (Å²) in [6.45, 7) is 7.58. The fraction of sp³-hybridized carbons (Fsp3) is 0.500. The van der Waals surface area contributed by atoms with Crippen molar-refractivity contribution >= 4 is 17.8 Å². The Hall–Kier alpha value is -4.32. The number of aryl methyl sites for hydroxylation is 1. The van der Waals surface area contributed by atoms with Crippen molar-refractivity contribution in [3.05, 3.63) is 64.9 Å². The summed E-state index contributed by atoms with van der Waals surface area (Å²) in [5, 5.41) is 17.5. The van der Waals surface area contributed by atoms with E-state index < -0.39 is 23.8 Å². The van der Waals surface area contributed by atoms with Crippen LogP contribution in [0.15, 0.2) is 41.1 Å². The van der Waals surface area contributed by atoms with Crippen LogP contribution in [0.2, 0.25) is 0 Å². The van der Waals surface area contributed by atoms with Crippen molar-refractivity contribution in [1.82, 2.24) is 20.2 Å². The lowest BCUT2D eigenvalue weighted by molar-refractivity contribution is -0.0113. The highest BCUT2D eigenvalue weighted by atomic mass is 16.6. The first-order valence-electron chi connectivity index (χ1n) is 14.9. The first kappa shape index (κ1) is 31.1. The summed E-state index contributed by atoms with van der Waals surface area (Å²) in [6, 6.07) is 8.60. The van der Waals surface area contributed by atoms with Gasteiger partial charge in [0, 0.05) is 30.8 Å². The number of aliphatic hydroxyl groups is 1. The van der Waals surface area contributed by atoms with Crippen LogP contribution in [0.4, 0.5) is 10.6 Å². The smallest absolute Gasteiger partial charge is 0.410 e. The van der Waals surface area contributed by atoms with Crippen LogP contribution in [0.3, 0.4) is 0 Å². The van der Waals surface area contributed by atoms with Gasteiger partial charge < -0.3 is 34.4 Å². The van der Waals surface area contributed by atoms with Gasteiger partial charge in [-0.05, 0) is 82.7 Å². The van der Waals surface area contributed by atoms with Gasteiger partial charge in [-0.25, -0.2) is 9.78 Å². The number of oxazole rings is 1. The number of hydrogen-bond donors (Lipinski definition) is 3. The maximum atomic E-state index is 13.4. The Morgan fingerprint density at radius 3 is 2.64 bits per heavy atom. The largest absolute Gasteiger partial charge is 0.486 e. The van der Waals surface area contributed by atoms with Gasteiger partial charge in [-0.2, -0.15) is 4.98 Å². The monoisotopic (exact) mass is 607 g/mol. The van der Waals surface area contributed by atoms with Crippen LogP contribution in [0.1, 0.15) is 73.0 Å². The van der Waals surface area contributed by atoms with Crippen molar-refractivity contribution in [3.8, 4) is 11.6 Å². The molecule has 12 heteroatoms. The third kappa shape index (κ3) is 7.60. The summed E-state index contributed by atoms with van der Waals surface area (Å²) in [5.41, 5.74) is 2.24. The van der Waals surface area contributed by atoms with E-state index in [9.17, 15) is 14.7 Å². The minimum Gasteiger partial charge on any atom is -0.486 e. The number of hydrogen-bond acceptors (Lipinski definition) is 10. The molecule has 0 spiro atoms. The Kier molecular flexibility index (Phi) is 9.28. The van der Waals surface area contributed by atoms with Crippen molar-refractivity contribution < 1.29 is 33.3 Å². The number of nitrogens with one attached hydrogen (secondary N) is 2. The van der Waals surface area contributed by atoms with E-state index in [1.54, 1.807) is 32.9 Å². The van der Waals surface area contributed by atoms with Gasteiger partial charge >= 0.3 is 6.09 Å². The lowest BCUT2D eigenvalue weighted by Gasteiger charge is -2.40. The first-order chi connectivity index (χ1) is 21.0. The number of fused-ring (bicyclic) bond motifs is 1. The quantitative estimate of drug-likeness (QED) is 0.303. The molecule has 2 atom stereocenters. The molecule has 5 rings (SSSR count). The first-order valence-corrected chi connectivity index (χ1v) is 14.9. The lowest BCUT2D eigenvalue weighted by Crippen LogP contribution is -2.54. The highest BCUT2D eigenvalue weighted by Gasteiger charge is 2.37. The molecule has 2 amide bonds. The Morgan fingerprint density at radius 2 is 1.98 bits per heavy atom. The molecule has 12 nitrogen and oxygen atoms in total. The summed E-state index contributed by atoms with van der Waals surface area (Å²) in [5.74, 6) is 1.76. The molecule has 1 aliphatic heterocycles. The van der Waals surface area contributed by atoms with E-state index in [0.717, 1.165) is 36.1 Å².